The molecule has 0 spiro atoms. The quantitative estimate of drug-likeness (QED) is 0.474. The van der Waals surface area contributed by atoms with Crippen LogP contribution in [0.4, 0.5) is 0 Å². The number of nitrogens with zero attached hydrogens (tertiary/aromatic N) is 3. The molecule has 0 atom stereocenters. The number of hydrogen-bond donors (Lipinski definition) is 0. The van der Waals surface area contributed by atoms with Crippen molar-refractivity contribution in [3.63, 3.8) is 0 Å². The molecule has 162 valence electrons. The lowest BCUT2D eigenvalue weighted by molar-refractivity contribution is -0.129. The number of fused-ring (bicyclic) bond motifs is 1. The molecule has 1 saturated heterocycles. The van der Waals surface area contributed by atoms with E-state index in [0.29, 0.717) is 12.3 Å². The molecule has 3 aromatic rings. The summed E-state index contributed by atoms with van der Waals surface area (Å²) in [5, 5.41) is 2.43. The number of thioether (sulfide) groups is 1. The summed E-state index contributed by atoms with van der Waals surface area (Å²) in [6, 6.07) is 18.7. The second kappa shape index (κ2) is 11.3. The Kier molecular flexibility index (Phi) is 7.93. The van der Waals surface area contributed by atoms with Gasteiger partial charge in [-0.2, -0.15) is 0 Å². The number of hydrogen-bond acceptors (Lipinski definition) is 5. The Morgan fingerprint density at radius 2 is 1.81 bits per heavy atom. The first-order valence-corrected chi connectivity index (χ1v) is 11.8. The SMILES string of the molecule is O=C(CSc1ccc2ccccc2c1)N(CCCN1CCOCC1)Cc1ccncc1. The van der Waals surface area contributed by atoms with E-state index in [9.17, 15) is 4.79 Å². The second-order valence-electron chi connectivity index (χ2n) is 7.78. The molecule has 1 aliphatic rings. The number of carbonyl (C=O) groups is 1. The van der Waals surface area contributed by atoms with E-state index in [1.807, 2.05) is 29.2 Å². The van der Waals surface area contributed by atoms with Crippen LogP contribution >= 0.6 is 11.8 Å². The summed E-state index contributed by atoms with van der Waals surface area (Å²) in [4.78, 5) is 22.8. The van der Waals surface area contributed by atoms with Crippen molar-refractivity contribution in [1.82, 2.24) is 14.8 Å². The molecule has 6 heteroatoms. The number of benzene rings is 2. The Bertz CT molecular complexity index is 977. The van der Waals surface area contributed by atoms with Gasteiger partial charge in [0.15, 0.2) is 0 Å². The predicted molar refractivity (Wildman–Crippen MR) is 126 cm³/mol. The van der Waals surface area contributed by atoms with Gasteiger partial charge in [-0.1, -0.05) is 30.3 Å². The normalized spacial score (nSPS) is 14.6. The van der Waals surface area contributed by atoms with Gasteiger partial charge in [0.25, 0.3) is 0 Å². The highest BCUT2D eigenvalue weighted by Gasteiger charge is 2.16. The van der Waals surface area contributed by atoms with Gasteiger partial charge in [0, 0.05) is 50.0 Å². The number of pyridine rings is 1. The highest BCUT2D eigenvalue weighted by molar-refractivity contribution is 8.00. The number of aromatic nitrogens is 1. The number of carbonyl (C=O) groups excluding carboxylic acids is 1. The van der Waals surface area contributed by atoms with E-state index in [-0.39, 0.29) is 5.91 Å². The number of ether oxygens (including phenoxy) is 1. The van der Waals surface area contributed by atoms with Crippen molar-refractivity contribution in [2.75, 3.05) is 45.1 Å². The van der Waals surface area contributed by atoms with Gasteiger partial charge in [0.05, 0.1) is 19.0 Å². The minimum Gasteiger partial charge on any atom is -0.379 e. The minimum atomic E-state index is 0.178. The van der Waals surface area contributed by atoms with Crippen LogP contribution in [0.5, 0.6) is 0 Å². The predicted octanol–water partition coefficient (Wildman–Crippen LogP) is 4.08. The van der Waals surface area contributed by atoms with Crippen LogP contribution in [0.25, 0.3) is 10.8 Å². The summed E-state index contributed by atoms with van der Waals surface area (Å²) >= 11 is 1.61. The zero-order valence-electron chi connectivity index (χ0n) is 17.8. The smallest absolute Gasteiger partial charge is 0.233 e. The van der Waals surface area contributed by atoms with Crippen molar-refractivity contribution < 1.29 is 9.53 Å². The number of amides is 1. The van der Waals surface area contributed by atoms with E-state index in [0.717, 1.165) is 56.3 Å². The topological polar surface area (TPSA) is 45.7 Å². The summed E-state index contributed by atoms with van der Waals surface area (Å²) in [7, 11) is 0. The number of morpholine rings is 1. The van der Waals surface area contributed by atoms with E-state index in [4.69, 9.17) is 4.74 Å². The van der Waals surface area contributed by atoms with E-state index < -0.39 is 0 Å². The van der Waals surface area contributed by atoms with Gasteiger partial charge in [0.1, 0.15) is 0 Å². The molecule has 0 radical (unpaired) electrons. The lowest BCUT2D eigenvalue weighted by Gasteiger charge is -2.28. The summed E-state index contributed by atoms with van der Waals surface area (Å²) in [6.07, 6.45) is 4.54. The lowest BCUT2D eigenvalue weighted by Crippen LogP contribution is -2.39. The van der Waals surface area contributed by atoms with Gasteiger partial charge in [-0.05, 0) is 47.0 Å². The van der Waals surface area contributed by atoms with E-state index in [1.54, 1.807) is 24.2 Å². The molecule has 0 bridgehead atoms. The van der Waals surface area contributed by atoms with E-state index >= 15 is 0 Å². The third-order valence-electron chi connectivity index (χ3n) is 5.56. The van der Waals surface area contributed by atoms with Crippen LogP contribution in [0.2, 0.25) is 0 Å². The first kappa shape index (κ1) is 21.8. The van der Waals surface area contributed by atoms with Crippen LogP contribution in [-0.4, -0.2) is 65.8 Å². The molecule has 0 aliphatic carbocycles. The van der Waals surface area contributed by atoms with Crippen molar-refractivity contribution in [2.24, 2.45) is 0 Å². The minimum absolute atomic E-state index is 0.178. The van der Waals surface area contributed by atoms with Gasteiger partial charge in [-0.15, -0.1) is 11.8 Å². The Morgan fingerprint density at radius 1 is 1.03 bits per heavy atom. The average molecular weight is 436 g/mol. The van der Waals surface area contributed by atoms with Crippen molar-refractivity contribution in [3.8, 4) is 0 Å². The van der Waals surface area contributed by atoms with Crippen LogP contribution in [-0.2, 0) is 16.1 Å². The molecule has 5 nitrogen and oxygen atoms in total. The second-order valence-corrected chi connectivity index (χ2v) is 8.82. The fourth-order valence-electron chi connectivity index (χ4n) is 3.80. The first-order valence-electron chi connectivity index (χ1n) is 10.9. The van der Waals surface area contributed by atoms with Gasteiger partial charge >= 0.3 is 0 Å². The van der Waals surface area contributed by atoms with Crippen molar-refractivity contribution in [2.45, 2.75) is 17.9 Å². The van der Waals surface area contributed by atoms with Crippen LogP contribution < -0.4 is 0 Å². The third kappa shape index (κ3) is 6.53. The standard InChI is InChI=1S/C25H29N3O2S/c29-25(20-31-24-7-6-22-4-1-2-5-23(22)18-24)28(19-21-8-10-26-11-9-21)13-3-12-27-14-16-30-17-15-27/h1-2,4-11,18H,3,12-17,19-20H2. The van der Waals surface area contributed by atoms with Gasteiger partial charge < -0.3 is 9.64 Å². The van der Waals surface area contributed by atoms with Crippen LogP contribution in [0, 0.1) is 0 Å². The molecule has 1 aromatic heterocycles. The summed E-state index contributed by atoms with van der Waals surface area (Å²) < 4.78 is 5.43. The molecule has 1 aliphatic heterocycles. The van der Waals surface area contributed by atoms with Gasteiger partial charge in [0.2, 0.25) is 5.91 Å². The Labute approximate surface area is 188 Å². The molecular weight excluding hydrogens is 406 g/mol. The first-order chi connectivity index (χ1) is 15.3. The molecule has 0 N–H and O–H groups in total. The monoisotopic (exact) mass is 435 g/mol. The van der Waals surface area contributed by atoms with E-state index in [2.05, 4.69) is 40.2 Å². The Hall–Kier alpha value is -2.41. The summed E-state index contributed by atoms with van der Waals surface area (Å²) in [6.45, 7) is 5.97. The van der Waals surface area contributed by atoms with E-state index in [1.165, 1.54) is 10.8 Å². The maximum atomic E-state index is 13.1. The molecule has 4 rings (SSSR count). The molecule has 1 fully saturated rings. The zero-order chi connectivity index (χ0) is 21.3. The van der Waals surface area contributed by atoms with Crippen molar-refractivity contribution in [1.29, 1.82) is 0 Å². The molecule has 0 unspecified atom stereocenters. The van der Waals surface area contributed by atoms with Gasteiger partial charge in [-0.3, -0.25) is 14.7 Å². The Morgan fingerprint density at radius 3 is 2.61 bits per heavy atom. The largest absolute Gasteiger partial charge is 0.379 e. The highest BCUT2D eigenvalue weighted by Crippen LogP contribution is 2.24. The summed E-state index contributed by atoms with van der Waals surface area (Å²) in [5.41, 5.74) is 1.12. The average Bonchev–Trinajstić information content (AvgIpc) is 2.83. The lowest BCUT2D eigenvalue weighted by atomic mass is 10.1. The van der Waals surface area contributed by atoms with Gasteiger partial charge in [-0.25, -0.2) is 0 Å². The molecule has 1 amide bonds. The maximum Gasteiger partial charge on any atom is 0.233 e. The molecule has 2 heterocycles. The molecule has 0 saturated carbocycles. The van der Waals surface area contributed by atoms with Crippen LogP contribution in [0.15, 0.2) is 71.9 Å². The van der Waals surface area contributed by atoms with Crippen LogP contribution in [0.3, 0.4) is 0 Å². The van der Waals surface area contributed by atoms with Crippen molar-refractivity contribution >= 4 is 28.4 Å². The summed E-state index contributed by atoms with van der Waals surface area (Å²) in [5.74, 6) is 0.623. The third-order valence-corrected chi connectivity index (χ3v) is 6.54. The fourth-order valence-corrected chi connectivity index (χ4v) is 4.65. The highest BCUT2D eigenvalue weighted by atomic mass is 32.2. The maximum absolute atomic E-state index is 13.1. The Balaban J connectivity index is 1.35. The molecular formula is C25H29N3O2S. The molecule has 2 aromatic carbocycles. The van der Waals surface area contributed by atoms with Crippen LogP contribution in [0.1, 0.15) is 12.0 Å². The zero-order valence-corrected chi connectivity index (χ0v) is 18.6. The van der Waals surface area contributed by atoms with Crippen molar-refractivity contribution in [3.05, 3.63) is 72.6 Å². The molecule has 31 heavy (non-hydrogen) atoms. The number of rotatable bonds is 9. The fraction of sp³-hybridized carbons (Fsp3) is 0.360.